The summed E-state index contributed by atoms with van der Waals surface area (Å²) in [5, 5.41) is 13.8. The van der Waals surface area contributed by atoms with Crippen molar-refractivity contribution in [3.63, 3.8) is 0 Å². The van der Waals surface area contributed by atoms with Gasteiger partial charge in [0.15, 0.2) is 0 Å². The van der Waals surface area contributed by atoms with Crippen LogP contribution in [0.15, 0.2) is 24.3 Å². The largest absolute Gasteiger partial charge is 0.493 e. The number of nitrogens with zero attached hydrogens (tertiary/aromatic N) is 1. The molecule has 0 radical (unpaired) electrons. The number of benzene rings is 1. The SMILES string of the molecule is COCCCCOc1ccccc1C(=O)NCC(CC(N)C(O)CN1CCCC(C)C1)C(C)C.Cl.Cl. The number of para-hydroxylation sites is 1. The highest BCUT2D eigenvalue weighted by Gasteiger charge is 2.26. The van der Waals surface area contributed by atoms with Crippen molar-refractivity contribution in [2.45, 2.75) is 65.0 Å². The molecule has 36 heavy (non-hydrogen) atoms. The smallest absolute Gasteiger partial charge is 0.255 e. The molecule has 1 saturated heterocycles. The van der Waals surface area contributed by atoms with E-state index < -0.39 is 6.10 Å². The fourth-order valence-electron chi connectivity index (χ4n) is 4.58. The van der Waals surface area contributed by atoms with Crippen LogP contribution in [0.2, 0.25) is 0 Å². The highest BCUT2D eigenvalue weighted by Crippen LogP contribution is 2.21. The Morgan fingerprint density at radius 1 is 1.22 bits per heavy atom. The molecule has 1 aliphatic heterocycles. The number of hydrogen-bond acceptors (Lipinski definition) is 6. The van der Waals surface area contributed by atoms with Crippen LogP contribution in [0.25, 0.3) is 0 Å². The highest BCUT2D eigenvalue weighted by molar-refractivity contribution is 5.96. The van der Waals surface area contributed by atoms with Gasteiger partial charge in [-0.2, -0.15) is 0 Å². The number of aliphatic hydroxyl groups is 1. The Bertz CT molecular complexity index is 726. The van der Waals surface area contributed by atoms with E-state index >= 15 is 0 Å². The lowest BCUT2D eigenvalue weighted by molar-refractivity contribution is 0.0625. The number of rotatable bonds is 15. The van der Waals surface area contributed by atoms with E-state index in [0.717, 1.165) is 25.9 Å². The Kier molecular flexibility index (Phi) is 18.5. The molecule has 1 heterocycles. The third kappa shape index (κ3) is 12.4. The third-order valence-electron chi connectivity index (χ3n) is 6.86. The van der Waals surface area contributed by atoms with Crippen molar-refractivity contribution >= 4 is 30.7 Å². The number of likely N-dealkylation sites (tertiary alicyclic amines) is 1. The molecule has 0 aromatic heterocycles. The van der Waals surface area contributed by atoms with Crippen LogP contribution in [0.4, 0.5) is 0 Å². The van der Waals surface area contributed by atoms with Crippen molar-refractivity contribution < 1.29 is 19.4 Å². The second-order valence-corrected chi connectivity index (χ2v) is 10.2. The summed E-state index contributed by atoms with van der Waals surface area (Å²) >= 11 is 0. The Hall–Kier alpha value is -1.09. The average Bonchev–Trinajstić information content (AvgIpc) is 2.81. The predicted octanol–water partition coefficient (Wildman–Crippen LogP) is 4.15. The standard InChI is InChI=1S/C27H47N3O4.2ClH/c1-20(2)22(16-24(28)25(31)19-30-13-9-10-21(3)18-30)17-29-27(32)23-11-5-6-12-26(23)34-15-8-7-14-33-4;;/h5-6,11-12,20-22,24-25,31H,7-10,13-19,28H2,1-4H3,(H,29,32);2*1H. The van der Waals surface area contributed by atoms with E-state index in [1.165, 1.54) is 12.8 Å². The number of amides is 1. The van der Waals surface area contributed by atoms with Crippen LogP contribution in [0.5, 0.6) is 5.75 Å². The Labute approximate surface area is 230 Å². The first-order valence-corrected chi connectivity index (χ1v) is 13.0. The molecule has 4 unspecified atom stereocenters. The molecule has 210 valence electrons. The van der Waals surface area contributed by atoms with E-state index in [-0.39, 0.29) is 42.7 Å². The van der Waals surface area contributed by atoms with Crippen molar-refractivity contribution in [3.8, 4) is 5.75 Å². The molecule has 9 heteroatoms. The Morgan fingerprint density at radius 2 is 1.92 bits per heavy atom. The van der Waals surface area contributed by atoms with Gasteiger partial charge < -0.3 is 30.5 Å². The first-order chi connectivity index (χ1) is 16.3. The molecule has 0 bridgehead atoms. The summed E-state index contributed by atoms with van der Waals surface area (Å²) in [5.74, 6) is 1.64. The summed E-state index contributed by atoms with van der Waals surface area (Å²) in [7, 11) is 1.69. The second kappa shape index (κ2) is 19.0. The van der Waals surface area contributed by atoms with Crippen molar-refractivity contribution in [2.75, 3.05) is 46.5 Å². The lowest BCUT2D eigenvalue weighted by Gasteiger charge is -2.34. The van der Waals surface area contributed by atoms with Gasteiger partial charge in [-0.25, -0.2) is 0 Å². The molecule has 0 spiro atoms. The van der Waals surface area contributed by atoms with Gasteiger partial charge in [-0.15, -0.1) is 24.8 Å². The zero-order chi connectivity index (χ0) is 24.9. The molecule has 1 amide bonds. The number of β-amino-alcohol motifs (C(OH)–C–C–N with tert-alkyl or cyclic N) is 1. The van der Waals surface area contributed by atoms with Gasteiger partial charge in [0.1, 0.15) is 5.75 Å². The summed E-state index contributed by atoms with van der Waals surface area (Å²) in [5.41, 5.74) is 6.96. The van der Waals surface area contributed by atoms with E-state index in [1.54, 1.807) is 13.2 Å². The lowest BCUT2D eigenvalue weighted by atomic mass is 9.87. The fourth-order valence-corrected chi connectivity index (χ4v) is 4.58. The number of unbranched alkanes of at least 4 members (excludes halogenated alkanes) is 1. The van der Waals surface area contributed by atoms with Crippen molar-refractivity contribution in [1.29, 1.82) is 0 Å². The fraction of sp³-hybridized carbons (Fsp3) is 0.741. The van der Waals surface area contributed by atoms with Crippen LogP contribution in [0.3, 0.4) is 0 Å². The minimum Gasteiger partial charge on any atom is -0.493 e. The van der Waals surface area contributed by atoms with E-state index in [1.807, 2.05) is 18.2 Å². The summed E-state index contributed by atoms with van der Waals surface area (Å²) in [6, 6.07) is 7.03. The van der Waals surface area contributed by atoms with E-state index in [0.29, 0.717) is 55.9 Å². The predicted molar refractivity (Wildman–Crippen MR) is 152 cm³/mol. The van der Waals surface area contributed by atoms with E-state index in [9.17, 15) is 9.90 Å². The number of nitrogens with one attached hydrogen (secondary N) is 1. The van der Waals surface area contributed by atoms with Gasteiger partial charge in [-0.1, -0.05) is 32.9 Å². The summed E-state index contributed by atoms with van der Waals surface area (Å²) in [6.45, 7) is 11.0. The van der Waals surface area contributed by atoms with Gasteiger partial charge in [0.25, 0.3) is 5.91 Å². The van der Waals surface area contributed by atoms with Crippen molar-refractivity contribution in [2.24, 2.45) is 23.5 Å². The normalized spacial score (nSPS) is 18.5. The number of piperidine rings is 1. The van der Waals surface area contributed by atoms with Crippen LogP contribution < -0.4 is 15.8 Å². The average molecular weight is 551 g/mol. The molecule has 0 aliphatic carbocycles. The number of carbonyl (C=O) groups is 1. The molecule has 1 aromatic carbocycles. The zero-order valence-electron chi connectivity index (χ0n) is 22.5. The van der Waals surface area contributed by atoms with Gasteiger partial charge in [-0.3, -0.25) is 4.79 Å². The number of aliphatic hydroxyl groups excluding tert-OH is 1. The van der Waals surface area contributed by atoms with Gasteiger partial charge in [0, 0.05) is 39.4 Å². The number of methoxy groups -OCH3 is 1. The maximum atomic E-state index is 12.9. The molecular weight excluding hydrogens is 501 g/mol. The Morgan fingerprint density at radius 3 is 2.58 bits per heavy atom. The van der Waals surface area contributed by atoms with Gasteiger partial charge in [0.2, 0.25) is 0 Å². The van der Waals surface area contributed by atoms with Gasteiger partial charge in [-0.05, 0) is 68.5 Å². The van der Waals surface area contributed by atoms with Crippen LogP contribution >= 0.6 is 24.8 Å². The maximum absolute atomic E-state index is 12.9. The first kappa shape index (κ1) is 34.9. The zero-order valence-corrected chi connectivity index (χ0v) is 24.1. The van der Waals surface area contributed by atoms with Crippen LogP contribution in [-0.2, 0) is 4.74 Å². The molecule has 4 atom stereocenters. The molecular formula is C27H49Cl2N3O4. The summed E-state index contributed by atoms with van der Waals surface area (Å²) in [4.78, 5) is 15.3. The molecule has 2 rings (SSSR count). The minimum atomic E-state index is -0.561. The molecule has 1 aromatic rings. The second-order valence-electron chi connectivity index (χ2n) is 10.2. The lowest BCUT2D eigenvalue weighted by Crippen LogP contribution is -2.48. The molecule has 1 fully saturated rings. The van der Waals surface area contributed by atoms with Crippen molar-refractivity contribution in [3.05, 3.63) is 29.8 Å². The van der Waals surface area contributed by atoms with Crippen LogP contribution in [0.1, 0.15) is 63.2 Å². The van der Waals surface area contributed by atoms with E-state index in [2.05, 4.69) is 31.0 Å². The first-order valence-electron chi connectivity index (χ1n) is 13.0. The monoisotopic (exact) mass is 549 g/mol. The topological polar surface area (TPSA) is 97.0 Å². The van der Waals surface area contributed by atoms with Gasteiger partial charge in [0.05, 0.1) is 18.3 Å². The minimum absolute atomic E-state index is 0. The van der Waals surface area contributed by atoms with E-state index in [4.69, 9.17) is 15.2 Å². The third-order valence-corrected chi connectivity index (χ3v) is 6.86. The number of ether oxygens (including phenoxy) is 2. The molecule has 7 nitrogen and oxygen atoms in total. The summed E-state index contributed by atoms with van der Waals surface area (Å²) < 4.78 is 10.9. The number of nitrogens with two attached hydrogens (primary N) is 1. The Balaban J connectivity index is 0.00000612. The number of hydrogen-bond donors (Lipinski definition) is 3. The highest BCUT2D eigenvalue weighted by atomic mass is 35.5. The number of halogens is 2. The van der Waals surface area contributed by atoms with Gasteiger partial charge >= 0.3 is 0 Å². The van der Waals surface area contributed by atoms with Crippen molar-refractivity contribution in [1.82, 2.24) is 10.2 Å². The molecule has 4 N–H and O–H groups in total. The molecule has 0 saturated carbocycles. The maximum Gasteiger partial charge on any atom is 0.255 e. The van der Waals surface area contributed by atoms with Crippen LogP contribution in [0, 0.1) is 17.8 Å². The summed E-state index contributed by atoms with van der Waals surface area (Å²) in [6.07, 6.45) is 4.34. The van der Waals surface area contributed by atoms with Crippen LogP contribution in [-0.4, -0.2) is 74.6 Å². The number of carbonyl (C=O) groups excluding carboxylic acids is 1. The molecule has 1 aliphatic rings. The quantitative estimate of drug-likeness (QED) is 0.284.